The van der Waals surface area contributed by atoms with Gasteiger partial charge in [0.05, 0.1) is 17.1 Å². The van der Waals surface area contributed by atoms with Crippen molar-refractivity contribution in [2.75, 3.05) is 5.32 Å². The van der Waals surface area contributed by atoms with Crippen LogP contribution >= 0.6 is 0 Å². The van der Waals surface area contributed by atoms with E-state index in [9.17, 15) is 27.7 Å². The highest BCUT2D eigenvalue weighted by Gasteiger charge is 2.16. The van der Waals surface area contributed by atoms with Crippen LogP contribution in [0.4, 0.5) is 28.9 Å². The number of nitrogens with zero attached hydrogens (tertiary/aromatic N) is 1. The first-order valence-electron chi connectivity index (χ1n) is 5.69. The third kappa shape index (κ3) is 3.28. The van der Waals surface area contributed by atoms with Crippen molar-refractivity contribution in [2.45, 2.75) is 6.54 Å². The monoisotopic (exact) mass is 300 g/mol. The maximum atomic E-state index is 13.6. The van der Waals surface area contributed by atoms with Gasteiger partial charge < -0.3 is 5.32 Å². The van der Waals surface area contributed by atoms with Crippen LogP contribution in [0.1, 0.15) is 5.56 Å². The van der Waals surface area contributed by atoms with Gasteiger partial charge in [-0.3, -0.25) is 10.1 Å². The van der Waals surface area contributed by atoms with Crippen LogP contribution in [0, 0.1) is 33.4 Å². The van der Waals surface area contributed by atoms with Gasteiger partial charge in [-0.15, -0.1) is 0 Å². The average Bonchev–Trinajstić information content (AvgIpc) is 2.41. The number of nitrogens with one attached hydrogen (secondary N) is 1. The number of nitro groups is 1. The van der Waals surface area contributed by atoms with Crippen molar-refractivity contribution in [3.05, 3.63) is 69.3 Å². The third-order valence-electron chi connectivity index (χ3n) is 2.69. The number of hydrogen-bond donors (Lipinski definition) is 1. The van der Waals surface area contributed by atoms with Gasteiger partial charge in [0.2, 0.25) is 0 Å². The molecule has 0 saturated carbocycles. The van der Waals surface area contributed by atoms with Crippen molar-refractivity contribution in [3.63, 3.8) is 0 Å². The van der Waals surface area contributed by atoms with Gasteiger partial charge in [-0.1, -0.05) is 6.07 Å². The molecule has 0 saturated heterocycles. The summed E-state index contributed by atoms with van der Waals surface area (Å²) in [5.41, 5.74) is -1.04. The minimum Gasteiger partial charge on any atom is -0.376 e. The lowest BCUT2D eigenvalue weighted by Gasteiger charge is -2.09. The molecule has 0 unspecified atom stereocenters. The number of non-ortho nitro benzene ring substituents is 1. The van der Waals surface area contributed by atoms with Gasteiger partial charge in [-0.2, -0.15) is 0 Å². The van der Waals surface area contributed by atoms with E-state index < -0.39 is 39.6 Å². The minimum absolute atomic E-state index is 0.178. The summed E-state index contributed by atoms with van der Waals surface area (Å²) in [6.07, 6.45) is 0. The van der Waals surface area contributed by atoms with E-state index in [-0.39, 0.29) is 12.1 Å². The molecule has 0 spiro atoms. The van der Waals surface area contributed by atoms with E-state index in [0.717, 1.165) is 12.1 Å². The summed E-state index contributed by atoms with van der Waals surface area (Å²) >= 11 is 0. The zero-order chi connectivity index (χ0) is 15.6. The third-order valence-corrected chi connectivity index (χ3v) is 2.69. The van der Waals surface area contributed by atoms with Crippen molar-refractivity contribution in [3.8, 4) is 0 Å². The first kappa shape index (κ1) is 14.8. The molecule has 0 amide bonds. The summed E-state index contributed by atoms with van der Waals surface area (Å²) in [7, 11) is 0. The molecular formula is C13H8F4N2O2. The lowest BCUT2D eigenvalue weighted by Crippen LogP contribution is -2.05. The van der Waals surface area contributed by atoms with Crippen LogP contribution in [-0.2, 0) is 6.54 Å². The van der Waals surface area contributed by atoms with Gasteiger partial charge in [-0.05, 0) is 17.7 Å². The minimum atomic E-state index is -1.15. The molecule has 0 aliphatic heterocycles. The van der Waals surface area contributed by atoms with E-state index in [0.29, 0.717) is 12.1 Å². The van der Waals surface area contributed by atoms with Crippen LogP contribution in [0.15, 0.2) is 30.3 Å². The summed E-state index contributed by atoms with van der Waals surface area (Å²) in [6.45, 7) is -0.178. The fourth-order valence-corrected chi connectivity index (χ4v) is 1.67. The molecule has 8 heteroatoms. The Morgan fingerprint density at radius 2 is 1.57 bits per heavy atom. The molecule has 0 atom stereocenters. The first-order valence-corrected chi connectivity index (χ1v) is 5.69. The molecule has 0 aromatic heterocycles. The van der Waals surface area contributed by atoms with Crippen LogP contribution in [0.2, 0.25) is 0 Å². The summed E-state index contributed by atoms with van der Waals surface area (Å²) in [5.74, 6) is -4.42. The summed E-state index contributed by atoms with van der Waals surface area (Å²) in [5, 5.41) is 12.8. The maximum absolute atomic E-state index is 13.6. The molecule has 0 heterocycles. The average molecular weight is 300 g/mol. The Morgan fingerprint density at radius 1 is 0.952 bits per heavy atom. The molecule has 21 heavy (non-hydrogen) atoms. The van der Waals surface area contributed by atoms with Crippen molar-refractivity contribution >= 4 is 11.4 Å². The van der Waals surface area contributed by atoms with Crippen molar-refractivity contribution in [1.29, 1.82) is 0 Å². The molecule has 2 aromatic rings. The van der Waals surface area contributed by atoms with E-state index in [1.165, 1.54) is 6.07 Å². The van der Waals surface area contributed by atoms with E-state index in [1.54, 1.807) is 0 Å². The second-order valence-electron chi connectivity index (χ2n) is 4.14. The van der Waals surface area contributed by atoms with E-state index >= 15 is 0 Å². The van der Waals surface area contributed by atoms with E-state index in [4.69, 9.17) is 0 Å². The Hall–Kier alpha value is -2.64. The van der Waals surface area contributed by atoms with Crippen LogP contribution in [0.25, 0.3) is 0 Å². The molecule has 4 nitrogen and oxygen atoms in total. The Labute approximate surface area is 116 Å². The topological polar surface area (TPSA) is 55.2 Å². The highest BCUT2D eigenvalue weighted by Crippen LogP contribution is 2.25. The molecule has 0 aliphatic rings. The summed E-state index contributed by atoms with van der Waals surface area (Å²) in [6, 6.07) is 4.14. The molecule has 110 valence electrons. The molecule has 2 rings (SSSR count). The Bertz CT molecular complexity index is 684. The van der Waals surface area contributed by atoms with E-state index in [1.807, 2.05) is 0 Å². The predicted octanol–water partition coefficient (Wildman–Crippen LogP) is 3.76. The lowest BCUT2D eigenvalue weighted by molar-refractivity contribution is -0.385. The van der Waals surface area contributed by atoms with Gasteiger partial charge in [-0.25, -0.2) is 17.6 Å². The Balaban J connectivity index is 2.20. The van der Waals surface area contributed by atoms with Crippen LogP contribution in [0.5, 0.6) is 0 Å². The molecule has 0 aliphatic carbocycles. The molecule has 0 bridgehead atoms. The first-order chi connectivity index (χ1) is 9.88. The fourth-order valence-electron chi connectivity index (χ4n) is 1.67. The highest BCUT2D eigenvalue weighted by atomic mass is 19.2. The number of hydrogen-bond acceptors (Lipinski definition) is 3. The second kappa shape index (κ2) is 5.78. The molecule has 1 N–H and O–H groups in total. The second-order valence-corrected chi connectivity index (χ2v) is 4.14. The largest absolute Gasteiger partial charge is 0.376 e. The van der Waals surface area contributed by atoms with Crippen LogP contribution < -0.4 is 5.32 Å². The normalized spacial score (nSPS) is 10.5. The van der Waals surface area contributed by atoms with Gasteiger partial charge in [0.15, 0.2) is 23.3 Å². The number of nitro benzene ring substituents is 1. The number of halogens is 4. The standard InChI is InChI=1S/C13H8F4N2O2/c14-9-2-1-7(3-10(9)15)6-18-13-11(16)4-8(19(20)21)5-12(13)17/h1-5,18H,6H2. The maximum Gasteiger partial charge on any atom is 0.275 e. The fraction of sp³-hybridized carbons (Fsp3) is 0.0769. The van der Waals surface area contributed by atoms with Gasteiger partial charge in [0, 0.05) is 6.54 Å². The molecular weight excluding hydrogens is 292 g/mol. The Kier molecular flexibility index (Phi) is 4.06. The quantitative estimate of drug-likeness (QED) is 0.531. The van der Waals surface area contributed by atoms with Crippen molar-refractivity contribution in [2.24, 2.45) is 0 Å². The van der Waals surface area contributed by atoms with Crippen molar-refractivity contribution in [1.82, 2.24) is 0 Å². The van der Waals surface area contributed by atoms with Crippen LogP contribution in [-0.4, -0.2) is 4.92 Å². The highest BCUT2D eigenvalue weighted by molar-refractivity contribution is 5.52. The number of rotatable bonds is 4. The molecule has 2 aromatic carbocycles. The lowest BCUT2D eigenvalue weighted by atomic mass is 10.2. The zero-order valence-electron chi connectivity index (χ0n) is 10.4. The number of benzene rings is 2. The van der Waals surface area contributed by atoms with Gasteiger partial charge in [0.25, 0.3) is 5.69 Å². The van der Waals surface area contributed by atoms with E-state index in [2.05, 4.69) is 5.32 Å². The van der Waals surface area contributed by atoms with Gasteiger partial charge in [0.1, 0.15) is 5.69 Å². The molecule has 0 fully saturated rings. The predicted molar refractivity (Wildman–Crippen MR) is 66.7 cm³/mol. The summed E-state index contributed by atoms with van der Waals surface area (Å²) in [4.78, 5) is 9.51. The number of anilines is 1. The smallest absolute Gasteiger partial charge is 0.275 e. The molecule has 0 radical (unpaired) electrons. The summed E-state index contributed by atoms with van der Waals surface area (Å²) < 4.78 is 52.9. The van der Waals surface area contributed by atoms with Crippen LogP contribution in [0.3, 0.4) is 0 Å². The Morgan fingerprint density at radius 3 is 2.10 bits per heavy atom. The zero-order valence-corrected chi connectivity index (χ0v) is 10.4. The van der Waals surface area contributed by atoms with Gasteiger partial charge >= 0.3 is 0 Å². The SMILES string of the molecule is O=[N+]([O-])c1cc(F)c(NCc2ccc(F)c(F)c2)c(F)c1. The van der Waals surface area contributed by atoms with Crippen molar-refractivity contribution < 1.29 is 22.5 Å².